The van der Waals surface area contributed by atoms with Crippen molar-refractivity contribution in [1.82, 2.24) is 20.5 Å². The zero-order chi connectivity index (χ0) is 17.5. The third kappa shape index (κ3) is 6.84. The summed E-state index contributed by atoms with van der Waals surface area (Å²) in [6.45, 7) is 5.84. The molecular formula is C17H28IN5S2. The molecule has 1 atom stereocenters. The van der Waals surface area contributed by atoms with Crippen LogP contribution in [0, 0.1) is 0 Å². The number of hydrogen-bond acceptors (Lipinski definition) is 5. The second-order valence-corrected chi connectivity index (χ2v) is 8.04. The van der Waals surface area contributed by atoms with Crippen LogP contribution in [0.25, 0.3) is 0 Å². The Hall–Kier alpha value is -0.710. The van der Waals surface area contributed by atoms with E-state index in [1.54, 1.807) is 29.7 Å². The van der Waals surface area contributed by atoms with Gasteiger partial charge >= 0.3 is 0 Å². The molecule has 140 valence electrons. The number of rotatable bonds is 7. The predicted octanol–water partition coefficient (Wildman–Crippen LogP) is 3.91. The van der Waals surface area contributed by atoms with E-state index in [9.17, 15) is 0 Å². The highest BCUT2D eigenvalue weighted by molar-refractivity contribution is 14.0. The van der Waals surface area contributed by atoms with Gasteiger partial charge in [0.05, 0.1) is 18.3 Å². The highest BCUT2D eigenvalue weighted by Gasteiger charge is 2.15. The summed E-state index contributed by atoms with van der Waals surface area (Å²) < 4.78 is 0. The molecule has 0 saturated heterocycles. The van der Waals surface area contributed by atoms with Crippen molar-refractivity contribution >= 4 is 52.6 Å². The Kier molecular flexibility index (Phi) is 9.91. The Balaban J connectivity index is 0.00000312. The molecule has 0 amide bonds. The van der Waals surface area contributed by atoms with Gasteiger partial charge in [-0.2, -0.15) is 0 Å². The van der Waals surface area contributed by atoms with E-state index in [-0.39, 0.29) is 24.0 Å². The maximum absolute atomic E-state index is 4.65. The van der Waals surface area contributed by atoms with Crippen LogP contribution in [0.15, 0.2) is 27.9 Å². The van der Waals surface area contributed by atoms with E-state index in [0.717, 1.165) is 23.2 Å². The second-order valence-electron chi connectivity index (χ2n) is 6.12. The highest BCUT2D eigenvalue weighted by atomic mass is 127. The van der Waals surface area contributed by atoms with Crippen molar-refractivity contribution in [3.8, 4) is 0 Å². The van der Waals surface area contributed by atoms with E-state index in [1.807, 2.05) is 0 Å². The van der Waals surface area contributed by atoms with E-state index in [0.29, 0.717) is 18.5 Å². The number of halogens is 1. The lowest BCUT2D eigenvalue weighted by atomic mass is 10.2. The molecule has 2 N–H and O–H groups in total. The van der Waals surface area contributed by atoms with Gasteiger partial charge in [0.25, 0.3) is 0 Å². The first kappa shape index (κ1) is 22.3. The third-order valence-corrected chi connectivity index (χ3v) is 5.59. The molecule has 2 aromatic heterocycles. The molecule has 0 saturated carbocycles. The number of guanidine groups is 1. The van der Waals surface area contributed by atoms with Gasteiger partial charge in [-0.3, -0.25) is 4.99 Å². The van der Waals surface area contributed by atoms with E-state index < -0.39 is 0 Å². The van der Waals surface area contributed by atoms with E-state index >= 15 is 0 Å². The summed E-state index contributed by atoms with van der Waals surface area (Å²) in [5.41, 5.74) is 1.16. The Morgan fingerprint density at radius 1 is 1.28 bits per heavy atom. The minimum atomic E-state index is 0. The zero-order valence-corrected chi connectivity index (χ0v) is 19.4. The van der Waals surface area contributed by atoms with Crippen molar-refractivity contribution in [3.63, 3.8) is 0 Å². The number of nitrogens with zero attached hydrogens (tertiary/aromatic N) is 3. The number of thiophene rings is 1. The normalized spacial score (nSPS) is 13.0. The lowest BCUT2D eigenvalue weighted by Crippen LogP contribution is -2.41. The first-order valence-corrected chi connectivity index (χ1v) is 9.85. The first-order chi connectivity index (χ1) is 11.5. The van der Waals surface area contributed by atoms with Gasteiger partial charge in [0.15, 0.2) is 5.96 Å². The average Bonchev–Trinajstić information content (AvgIpc) is 3.21. The summed E-state index contributed by atoms with van der Waals surface area (Å²) in [4.78, 5) is 12.5. The highest BCUT2D eigenvalue weighted by Crippen LogP contribution is 2.22. The van der Waals surface area contributed by atoms with Gasteiger partial charge < -0.3 is 15.5 Å². The van der Waals surface area contributed by atoms with E-state index in [2.05, 4.69) is 76.3 Å². The summed E-state index contributed by atoms with van der Waals surface area (Å²) in [5, 5.41) is 12.1. The Morgan fingerprint density at radius 3 is 2.56 bits per heavy atom. The lowest BCUT2D eigenvalue weighted by Gasteiger charge is -2.24. The lowest BCUT2D eigenvalue weighted by molar-refractivity contribution is 0.302. The molecule has 0 bridgehead atoms. The van der Waals surface area contributed by atoms with Crippen LogP contribution < -0.4 is 10.6 Å². The maximum Gasteiger partial charge on any atom is 0.191 e. The molecule has 5 nitrogen and oxygen atoms in total. The maximum atomic E-state index is 4.65. The number of aliphatic imine (C=N–C) groups is 1. The van der Waals surface area contributed by atoms with Crippen LogP contribution in [-0.4, -0.2) is 43.5 Å². The van der Waals surface area contributed by atoms with Gasteiger partial charge in [0.1, 0.15) is 5.01 Å². The standard InChI is InChI=1S/C17H27N5S2.HI/c1-12(2)13-11-24-16(21-13)10-20-17(18-3)19-9-14(22(4)5)15-7-6-8-23-15;/h6-8,11-12,14H,9-10H2,1-5H3,(H2,18,19,20);1H. The third-order valence-electron chi connectivity index (χ3n) is 3.75. The summed E-state index contributed by atoms with van der Waals surface area (Å²) in [5.74, 6) is 1.28. The van der Waals surface area contributed by atoms with Crippen LogP contribution in [0.4, 0.5) is 0 Å². The van der Waals surface area contributed by atoms with E-state index in [1.165, 1.54) is 4.88 Å². The van der Waals surface area contributed by atoms with Crippen LogP contribution in [0.1, 0.15) is 41.4 Å². The Bertz CT molecular complexity index is 637. The number of thiazole rings is 1. The van der Waals surface area contributed by atoms with Crippen molar-refractivity contribution in [1.29, 1.82) is 0 Å². The fraction of sp³-hybridized carbons (Fsp3) is 0.529. The molecule has 1 unspecified atom stereocenters. The Morgan fingerprint density at radius 2 is 2.04 bits per heavy atom. The summed E-state index contributed by atoms with van der Waals surface area (Å²) in [7, 11) is 6.00. The second kappa shape index (κ2) is 11.1. The summed E-state index contributed by atoms with van der Waals surface area (Å²) in [6.07, 6.45) is 0. The molecule has 0 spiro atoms. The molecule has 0 aliphatic carbocycles. The van der Waals surface area contributed by atoms with Crippen molar-refractivity contribution in [2.75, 3.05) is 27.7 Å². The fourth-order valence-electron chi connectivity index (χ4n) is 2.26. The molecule has 0 radical (unpaired) electrons. The van der Waals surface area contributed by atoms with Gasteiger partial charge in [0.2, 0.25) is 0 Å². The van der Waals surface area contributed by atoms with Gasteiger partial charge in [-0.05, 0) is 31.5 Å². The Labute approximate surface area is 176 Å². The molecule has 0 aromatic carbocycles. The van der Waals surface area contributed by atoms with Crippen LogP contribution in [0.2, 0.25) is 0 Å². The van der Waals surface area contributed by atoms with Gasteiger partial charge in [-0.1, -0.05) is 19.9 Å². The molecular weight excluding hydrogens is 465 g/mol. The van der Waals surface area contributed by atoms with Crippen LogP contribution in [0.5, 0.6) is 0 Å². The van der Waals surface area contributed by atoms with Crippen molar-refractivity contribution in [3.05, 3.63) is 38.5 Å². The average molecular weight is 493 g/mol. The van der Waals surface area contributed by atoms with Gasteiger partial charge in [-0.15, -0.1) is 46.7 Å². The zero-order valence-electron chi connectivity index (χ0n) is 15.4. The van der Waals surface area contributed by atoms with Crippen molar-refractivity contribution in [2.45, 2.75) is 32.4 Å². The number of likely N-dealkylation sites (N-methyl/N-ethyl adjacent to an activating group) is 1. The molecule has 25 heavy (non-hydrogen) atoms. The molecule has 0 aliphatic rings. The molecule has 0 fully saturated rings. The topological polar surface area (TPSA) is 52.6 Å². The molecule has 2 rings (SSSR count). The largest absolute Gasteiger partial charge is 0.354 e. The predicted molar refractivity (Wildman–Crippen MR) is 121 cm³/mol. The minimum absolute atomic E-state index is 0. The number of hydrogen-bond donors (Lipinski definition) is 2. The van der Waals surface area contributed by atoms with Crippen LogP contribution in [0.3, 0.4) is 0 Å². The smallest absolute Gasteiger partial charge is 0.191 e. The molecule has 0 aliphatic heterocycles. The van der Waals surface area contributed by atoms with Crippen LogP contribution >= 0.6 is 46.7 Å². The molecule has 2 heterocycles. The van der Waals surface area contributed by atoms with Crippen LogP contribution in [-0.2, 0) is 6.54 Å². The van der Waals surface area contributed by atoms with Crippen molar-refractivity contribution < 1.29 is 0 Å². The fourth-order valence-corrected chi connectivity index (χ4v) is 4.08. The number of nitrogens with one attached hydrogen (secondary N) is 2. The quantitative estimate of drug-likeness (QED) is 0.349. The monoisotopic (exact) mass is 493 g/mol. The summed E-state index contributed by atoms with van der Waals surface area (Å²) >= 11 is 3.48. The van der Waals surface area contributed by atoms with Crippen molar-refractivity contribution in [2.24, 2.45) is 4.99 Å². The molecule has 2 aromatic rings. The number of aromatic nitrogens is 1. The molecule has 8 heteroatoms. The van der Waals surface area contributed by atoms with Gasteiger partial charge in [0, 0.05) is 23.8 Å². The first-order valence-electron chi connectivity index (χ1n) is 8.10. The van der Waals surface area contributed by atoms with Gasteiger partial charge in [-0.25, -0.2) is 4.98 Å². The summed E-state index contributed by atoms with van der Waals surface area (Å²) in [6, 6.07) is 4.60. The SMILES string of the molecule is CN=C(NCc1nc(C(C)C)cs1)NCC(c1cccs1)N(C)C.I. The van der Waals surface area contributed by atoms with E-state index in [4.69, 9.17) is 0 Å². The minimum Gasteiger partial charge on any atom is -0.354 e.